The van der Waals surface area contributed by atoms with E-state index < -0.39 is 0 Å². The summed E-state index contributed by atoms with van der Waals surface area (Å²) in [6, 6.07) is 7.69. The molecule has 0 spiro atoms. The number of H-pyrrole nitrogens is 1. The number of aromatic amines is 1. The van der Waals surface area contributed by atoms with Gasteiger partial charge in [0.1, 0.15) is 5.82 Å². The lowest BCUT2D eigenvalue weighted by Gasteiger charge is -2.37. The molecule has 1 aromatic heterocycles. The van der Waals surface area contributed by atoms with E-state index in [1.165, 1.54) is 12.8 Å². The van der Waals surface area contributed by atoms with Crippen LogP contribution in [0, 0.1) is 23.7 Å². The SMILES string of the molecule is CC1CC(C)C(Cc2nc(-c3cccc(Cl)c3)n[nH]2)C(C)C1. The molecule has 0 radical (unpaired) electrons. The maximum Gasteiger partial charge on any atom is 0.181 e. The zero-order valence-corrected chi connectivity index (χ0v) is 14.3. The lowest BCUT2D eigenvalue weighted by Crippen LogP contribution is -2.30. The zero-order valence-electron chi connectivity index (χ0n) is 13.5. The average Bonchev–Trinajstić information content (AvgIpc) is 2.91. The Kier molecular flexibility index (Phi) is 4.53. The van der Waals surface area contributed by atoms with E-state index >= 15 is 0 Å². The Morgan fingerprint density at radius 3 is 2.59 bits per heavy atom. The summed E-state index contributed by atoms with van der Waals surface area (Å²) < 4.78 is 0. The van der Waals surface area contributed by atoms with Crippen molar-refractivity contribution in [2.75, 3.05) is 0 Å². The molecule has 1 N–H and O–H groups in total. The molecular formula is C18H24ClN3. The standard InChI is InChI=1S/C18H24ClN3/c1-11-7-12(2)16(13(3)8-11)10-17-20-18(22-21-17)14-5-4-6-15(19)9-14/h4-6,9,11-13,16H,7-8,10H2,1-3H3,(H,20,21,22). The highest BCUT2D eigenvalue weighted by Gasteiger charge is 2.31. The van der Waals surface area contributed by atoms with Crippen molar-refractivity contribution in [3.05, 3.63) is 35.1 Å². The van der Waals surface area contributed by atoms with E-state index in [1.54, 1.807) is 0 Å². The van der Waals surface area contributed by atoms with Gasteiger partial charge in [-0.3, -0.25) is 5.10 Å². The van der Waals surface area contributed by atoms with E-state index in [0.29, 0.717) is 10.9 Å². The van der Waals surface area contributed by atoms with Crippen LogP contribution in [0.1, 0.15) is 39.4 Å². The Bertz CT molecular complexity index is 625. The van der Waals surface area contributed by atoms with Crippen molar-refractivity contribution in [2.45, 2.75) is 40.0 Å². The van der Waals surface area contributed by atoms with Gasteiger partial charge in [-0.25, -0.2) is 4.98 Å². The number of benzene rings is 1. The molecule has 1 aliphatic carbocycles. The van der Waals surface area contributed by atoms with Gasteiger partial charge in [0.2, 0.25) is 0 Å². The molecule has 2 aromatic rings. The molecule has 1 aliphatic rings. The molecule has 2 unspecified atom stereocenters. The third-order valence-corrected chi connectivity index (χ3v) is 5.29. The summed E-state index contributed by atoms with van der Waals surface area (Å²) in [5.41, 5.74) is 0.966. The van der Waals surface area contributed by atoms with Crippen LogP contribution in [0.5, 0.6) is 0 Å². The summed E-state index contributed by atoms with van der Waals surface area (Å²) in [7, 11) is 0. The van der Waals surface area contributed by atoms with E-state index in [2.05, 4.69) is 36.0 Å². The molecule has 22 heavy (non-hydrogen) atoms. The fourth-order valence-electron chi connectivity index (χ4n) is 4.04. The van der Waals surface area contributed by atoms with E-state index in [-0.39, 0.29) is 0 Å². The van der Waals surface area contributed by atoms with Gasteiger partial charge in [-0.15, -0.1) is 0 Å². The molecule has 3 rings (SSSR count). The molecule has 2 atom stereocenters. The van der Waals surface area contributed by atoms with Crippen molar-refractivity contribution in [2.24, 2.45) is 23.7 Å². The highest BCUT2D eigenvalue weighted by molar-refractivity contribution is 6.30. The number of hydrogen-bond acceptors (Lipinski definition) is 2. The maximum absolute atomic E-state index is 6.04. The van der Waals surface area contributed by atoms with Crippen molar-refractivity contribution < 1.29 is 0 Å². The molecule has 1 saturated carbocycles. The molecule has 118 valence electrons. The molecule has 0 bridgehead atoms. The van der Waals surface area contributed by atoms with Gasteiger partial charge in [-0.2, -0.15) is 5.10 Å². The fraction of sp³-hybridized carbons (Fsp3) is 0.556. The van der Waals surface area contributed by atoms with Gasteiger partial charge in [0.25, 0.3) is 0 Å². The first-order chi connectivity index (χ1) is 10.5. The van der Waals surface area contributed by atoms with Crippen LogP contribution in [0.3, 0.4) is 0 Å². The second-order valence-corrected chi connectivity index (χ2v) is 7.45. The Morgan fingerprint density at radius 2 is 1.91 bits per heavy atom. The molecule has 0 amide bonds. The summed E-state index contributed by atoms with van der Waals surface area (Å²) in [6.45, 7) is 7.13. The normalized spacial score (nSPS) is 28.7. The highest BCUT2D eigenvalue weighted by atomic mass is 35.5. The molecule has 4 heteroatoms. The quantitative estimate of drug-likeness (QED) is 0.866. The Hall–Kier alpha value is -1.35. The van der Waals surface area contributed by atoms with Gasteiger partial charge in [0.15, 0.2) is 5.82 Å². The smallest absolute Gasteiger partial charge is 0.181 e. The third-order valence-electron chi connectivity index (χ3n) is 5.05. The van der Waals surface area contributed by atoms with Crippen molar-refractivity contribution in [1.82, 2.24) is 15.2 Å². The third kappa shape index (κ3) is 3.35. The molecule has 1 fully saturated rings. The number of rotatable bonds is 3. The first-order valence-corrected chi connectivity index (χ1v) is 8.58. The zero-order chi connectivity index (χ0) is 15.7. The minimum atomic E-state index is 0.691. The lowest BCUT2D eigenvalue weighted by molar-refractivity contribution is 0.134. The molecule has 3 nitrogen and oxygen atoms in total. The number of halogens is 1. The Labute approximate surface area is 137 Å². The molecule has 1 aromatic carbocycles. The first-order valence-electron chi connectivity index (χ1n) is 8.20. The Balaban J connectivity index is 1.74. The summed E-state index contributed by atoms with van der Waals surface area (Å²) in [6.07, 6.45) is 3.64. The van der Waals surface area contributed by atoms with Gasteiger partial charge in [-0.1, -0.05) is 44.5 Å². The van der Waals surface area contributed by atoms with E-state index in [4.69, 9.17) is 11.6 Å². The van der Waals surface area contributed by atoms with Crippen LogP contribution in [0.25, 0.3) is 11.4 Å². The predicted molar refractivity (Wildman–Crippen MR) is 90.7 cm³/mol. The minimum absolute atomic E-state index is 0.691. The van der Waals surface area contributed by atoms with Crippen LogP contribution in [-0.2, 0) is 6.42 Å². The summed E-state index contributed by atoms with van der Waals surface area (Å²) >= 11 is 6.04. The Morgan fingerprint density at radius 1 is 1.18 bits per heavy atom. The van der Waals surface area contributed by atoms with Crippen molar-refractivity contribution in [3.63, 3.8) is 0 Å². The van der Waals surface area contributed by atoms with Crippen LogP contribution >= 0.6 is 11.6 Å². The second kappa shape index (κ2) is 6.41. The number of nitrogens with zero attached hydrogens (tertiary/aromatic N) is 2. The van der Waals surface area contributed by atoms with E-state index in [0.717, 1.165) is 41.4 Å². The van der Waals surface area contributed by atoms with Gasteiger partial charge in [0, 0.05) is 17.0 Å². The molecule has 0 aliphatic heterocycles. The van der Waals surface area contributed by atoms with Crippen LogP contribution < -0.4 is 0 Å². The molecule has 0 saturated heterocycles. The molecule has 1 heterocycles. The molecular weight excluding hydrogens is 294 g/mol. The van der Waals surface area contributed by atoms with E-state index in [9.17, 15) is 0 Å². The van der Waals surface area contributed by atoms with Crippen LogP contribution in [0.2, 0.25) is 5.02 Å². The van der Waals surface area contributed by atoms with Crippen molar-refractivity contribution >= 4 is 11.6 Å². The van der Waals surface area contributed by atoms with Gasteiger partial charge >= 0.3 is 0 Å². The average molecular weight is 318 g/mol. The second-order valence-electron chi connectivity index (χ2n) is 7.02. The van der Waals surface area contributed by atoms with Crippen molar-refractivity contribution in [3.8, 4) is 11.4 Å². The van der Waals surface area contributed by atoms with Crippen LogP contribution in [0.15, 0.2) is 24.3 Å². The summed E-state index contributed by atoms with van der Waals surface area (Å²) in [5.74, 6) is 4.77. The monoisotopic (exact) mass is 317 g/mol. The summed E-state index contributed by atoms with van der Waals surface area (Å²) in [4.78, 5) is 4.68. The van der Waals surface area contributed by atoms with Crippen molar-refractivity contribution in [1.29, 1.82) is 0 Å². The first kappa shape index (κ1) is 15.5. The maximum atomic E-state index is 6.04. The predicted octanol–water partition coefficient (Wildman–Crippen LogP) is 4.99. The van der Waals surface area contributed by atoms with Crippen LogP contribution in [0.4, 0.5) is 0 Å². The topological polar surface area (TPSA) is 41.6 Å². The minimum Gasteiger partial charge on any atom is -0.263 e. The highest BCUT2D eigenvalue weighted by Crippen LogP contribution is 2.39. The largest absolute Gasteiger partial charge is 0.263 e. The number of nitrogens with one attached hydrogen (secondary N) is 1. The number of hydrogen-bond donors (Lipinski definition) is 1. The fourth-order valence-corrected chi connectivity index (χ4v) is 4.24. The van der Waals surface area contributed by atoms with Crippen LogP contribution in [-0.4, -0.2) is 15.2 Å². The lowest BCUT2D eigenvalue weighted by atomic mass is 9.68. The van der Waals surface area contributed by atoms with E-state index in [1.807, 2.05) is 24.3 Å². The summed E-state index contributed by atoms with van der Waals surface area (Å²) in [5, 5.41) is 8.20. The number of aromatic nitrogens is 3. The van der Waals surface area contributed by atoms with Gasteiger partial charge in [0.05, 0.1) is 0 Å². The van der Waals surface area contributed by atoms with Gasteiger partial charge in [-0.05, 0) is 48.6 Å². The van der Waals surface area contributed by atoms with Gasteiger partial charge < -0.3 is 0 Å².